The molecular formula is C22H24N4O. The lowest BCUT2D eigenvalue weighted by Crippen LogP contribution is -2.42. The van der Waals surface area contributed by atoms with Gasteiger partial charge in [0, 0.05) is 45.3 Å². The monoisotopic (exact) mass is 360 g/mol. The molecule has 0 unspecified atom stereocenters. The number of nitrogens with zero attached hydrogens (tertiary/aromatic N) is 4. The molecule has 2 aliphatic heterocycles. The molecule has 1 aromatic heterocycles. The van der Waals surface area contributed by atoms with Crippen LogP contribution >= 0.6 is 0 Å². The molecule has 1 saturated heterocycles. The Morgan fingerprint density at radius 2 is 2.00 bits per heavy atom. The van der Waals surface area contributed by atoms with Crippen LogP contribution in [0.2, 0.25) is 0 Å². The Morgan fingerprint density at radius 3 is 2.89 bits per heavy atom. The third-order valence-electron chi connectivity index (χ3n) is 5.87. The number of likely N-dealkylation sites (tertiary alicyclic amines) is 1. The van der Waals surface area contributed by atoms with Crippen LogP contribution in [0.1, 0.15) is 30.1 Å². The van der Waals surface area contributed by atoms with Gasteiger partial charge in [-0.2, -0.15) is 0 Å². The Morgan fingerprint density at radius 1 is 1.11 bits per heavy atom. The van der Waals surface area contributed by atoms with Gasteiger partial charge in [0.25, 0.3) is 0 Å². The van der Waals surface area contributed by atoms with Crippen LogP contribution in [0.4, 0.5) is 0 Å². The maximum Gasteiger partial charge on any atom is 0.222 e. The summed E-state index contributed by atoms with van der Waals surface area (Å²) in [5, 5.41) is 2.61. The number of imidazole rings is 1. The predicted molar refractivity (Wildman–Crippen MR) is 105 cm³/mol. The summed E-state index contributed by atoms with van der Waals surface area (Å²) in [7, 11) is 0. The van der Waals surface area contributed by atoms with Crippen LogP contribution in [-0.4, -0.2) is 44.9 Å². The Labute approximate surface area is 159 Å². The summed E-state index contributed by atoms with van der Waals surface area (Å²) in [6.07, 6.45) is 5.58. The van der Waals surface area contributed by atoms with Crippen molar-refractivity contribution in [1.82, 2.24) is 19.4 Å². The summed E-state index contributed by atoms with van der Waals surface area (Å²) in [5.74, 6) is 0.294. The topological polar surface area (TPSA) is 41.4 Å². The van der Waals surface area contributed by atoms with Gasteiger partial charge in [0.15, 0.2) is 0 Å². The molecule has 5 rings (SSSR count). The molecule has 5 nitrogen and oxygen atoms in total. The first-order chi connectivity index (χ1) is 13.3. The normalized spacial score (nSPS) is 20.4. The number of fused-ring (bicyclic) bond motifs is 2. The van der Waals surface area contributed by atoms with Crippen LogP contribution in [-0.2, 0) is 17.9 Å². The number of hydrogen-bond donors (Lipinski definition) is 0. The fourth-order valence-electron chi connectivity index (χ4n) is 4.55. The number of benzene rings is 2. The molecule has 0 bridgehead atoms. The third kappa shape index (κ3) is 3.12. The molecule has 0 N–H and O–H groups in total. The van der Waals surface area contributed by atoms with Crippen molar-refractivity contribution in [1.29, 1.82) is 0 Å². The number of carbonyl (C=O) groups excluding carboxylic acids is 1. The fourth-order valence-corrected chi connectivity index (χ4v) is 4.55. The summed E-state index contributed by atoms with van der Waals surface area (Å²) >= 11 is 0. The van der Waals surface area contributed by atoms with E-state index in [1.54, 1.807) is 0 Å². The molecule has 0 aliphatic carbocycles. The highest BCUT2D eigenvalue weighted by molar-refractivity contribution is 5.85. The van der Waals surface area contributed by atoms with Gasteiger partial charge in [-0.15, -0.1) is 0 Å². The van der Waals surface area contributed by atoms with Crippen LogP contribution in [0.25, 0.3) is 10.8 Å². The largest absolute Gasteiger partial charge is 0.341 e. The lowest BCUT2D eigenvalue weighted by Gasteiger charge is -2.36. The van der Waals surface area contributed by atoms with E-state index in [-0.39, 0.29) is 6.04 Å². The summed E-state index contributed by atoms with van der Waals surface area (Å²) in [6.45, 7) is 4.43. The van der Waals surface area contributed by atoms with Crippen molar-refractivity contribution >= 4 is 16.7 Å². The highest BCUT2D eigenvalue weighted by Gasteiger charge is 2.30. The summed E-state index contributed by atoms with van der Waals surface area (Å²) in [4.78, 5) is 21.0. The molecule has 3 heterocycles. The zero-order valence-electron chi connectivity index (χ0n) is 15.4. The second-order valence-corrected chi connectivity index (χ2v) is 7.70. The van der Waals surface area contributed by atoms with Gasteiger partial charge in [-0.05, 0) is 22.8 Å². The Bertz CT molecular complexity index is 974. The van der Waals surface area contributed by atoms with E-state index in [1.807, 2.05) is 17.4 Å². The molecule has 2 aromatic carbocycles. The third-order valence-corrected chi connectivity index (χ3v) is 5.87. The molecule has 138 valence electrons. The van der Waals surface area contributed by atoms with Crippen molar-refractivity contribution < 1.29 is 4.79 Å². The first-order valence-electron chi connectivity index (χ1n) is 9.75. The summed E-state index contributed by atoms with van der Waals surface area (Å²) in [5.41, 5.74) is 2.59. The SMILES string of the molecule is O=C1CCCN1C[C@@H]1CN(Cc2cccc3ccccc23)Cc2cncn21. The van der Waals surface area contributed by atoms with E-state index >= 15 is 0 Å². The average Bonchev–Trinajstić information content (AvgIpc) is 3.31. The molecule has 1 atom stereocenters. The van der Waals surface area contributed by atoms with E-state index in [4.69, 9.17) is 0 Å². The van der Waals surface area contributed by atoms with Crippen LogP contribution in [0.3, 0.4) is 0 Å². The predicted octanol–water partition coefficient (Wildman–Crippen LogP) is 3.22. The van der Waals surface area contributed by atoms with Gasteiger partial charge >= 0.3 is 0 Å². The van der Waals surface area contributed by atoms with E-state index in [0.717, 1.165) is 39.1 Å². The van der Waals surface area contributed by atoms with Crippen LogP contribution in [0.5, 0.6) is 0 Å². The second kappa shape index (κ2) is 6.82. The molecule has 0 spiro atoms. The van der Waals surface area contributed by atoms with Gasteiger partial charge in [-0.1, -0.05) is 42.5 Å². The first-order valence-corrected chi connectivity index (χ1v) is 9.75. The van der Waals surface area contributed by atoms with Crippen molar-refractivity contribution in [2.45, 2.75) is 32.0 Å². The van der Waals surface area contributed by atoms with E-state index in [1.165, 1.54) is 22.0 Å². The van der Waals surface area contributed by atoms with Crippen molar-refractivity contribution in [3.8, 4) is 0 Å². The smallest absolute Gasteiger partial charge is 0.222 e. The van der Waals surface area contributed by atoms with Crippen molar-refractivity contribution in [2.24, 2.45) is 0 Å². The zero-order valence-corrected chi connectivity index (χ0v) is 15.4. The van der Waals surface area contributed by atoms with Gasteiger partial charge in [0.05, 0.1) is 18.1 Å². The number of hydrogen-bond acceptors (Lipinski definition) is 3. The van der Waals surface area contributed by atoms with E-state index < -0.39 is 0 Å². The minimum Gasteiger partial charge on any atom is -0.341 e. The summed E-state index contributed by atoms with van der Waals surface area (Å²) < 4.78 is 2.27. The van der Waals surface area contributed by atoms with Crippen LogP contribution in [0.15, 0.2) is 55.0 Å². The molecule has 1 fully saturated rings. The Kier molecular flexibility index (Phi) is 4.17. The standard InChI is InChI=1S/C22H24N4O/c27-22-9-4-10-25(22)15-20-14-24(13-19-11-23-16-26(19)20)12-18-7-3-6-17-5-1-2-8-21(17)18/h1-3,5-8,11,16,20H,4,9-10,12-15H2/t20-/m0/s1. The zero-order chi connectivity index (χ0) is 18.2. The number of carbonyl (C=O) groups is 1. The highest BCUT2D eigenvalue weighted by Crippen LogP contribution is 2.27. The fraction of sp³-hybridized carbons (Fsp3) is 0.364. The quantitative estimate of drug-likeness (QED) is 0.717. The Balaban J connectivity index is 1.40. The molecule has 2 aliphatic rings. The van der Waals surface area contributed by atoms with Gasteiger partial charge in [0.1, 0.15) is 0 Å². The van der Waals surface area contributed by atoms with E-state index in [9.17, 15) is 4.79 Å². The lowest BCUT2D eigenvalue weighted by molar-refractivity contribution is -0.128. The lowest BCUT2D eigenvalue weighted by atomic mass is 10.0. The average molecular weight is 360 g/mol. The molecule has 1 amide bonds. The number of amides is 1. The first kappa shape index (κ1) is 16.5. The maximum absolute atomic E-state index is 12.1. The van der Waals surface area contributed by atoms with E-state index in [2.05, 4.69) is 56.9 Å². The molecule has 0 radical (unpaired) electrons. The van der Waals surface area contributed by atoms with Gasteiger partial charge in [0.2, 0.25) is 5.91 Å². The molecule has 5 heteroatoms. The minimum absolute atomic E-state index is 0.272. The van der Waals surface area contributed by atoms with Crippen LogP contribution < -0.4 is 0 Å². The second-order valence-electron chi connectivity index (χ2n) is 7.70. The van der Waals surface area contributed by atoms with Crippen molar-refractivity contribution in [3.05, 3.63) is 66.2 Å². The molecule has 3 aromatic rings. The molecular weight excluding hydrogens is 336 g/mol. The maximum atomic E-state index is 12.1. The summed E-state index contributed by atoms with van der Waals surface area (Å²) in [6, 6.07) is 15.4. The minimum atomic E-state index is 0.272. The molecule has 27 heavy (non-hydrogen) atoms. The number of aromatic nitrogens is 2. The van der Waals surface area contributed by atoms with E-state index in [0.29, 0.717) is 12.3 Å². The Hall–Kier alpha value is -2.66. The van der Waals surface area contributed by atoms with Crippen molar-refractivity contribution in [3.63, 3.8) is 0 Å². The van der Waals surface area contributed by atoms with Gasteiger partial charge < -0.3 is 9.47 Å². The van der Waals surface area contributed by atoms with Crippen molar-refractivity contribution in [2.75, 3.05) is 19.6 Å². The van der Waals surface area contributed by atoms with Gasteiger partial charge in [-0.3, -0.25) is 9.69 Å². The highest BCUT2D eigenvalue weighted by atomic mass is 16.2. The van der Waals surface area contributed by atoms with Gasteiger partial charge in [-0.25, -0.2) is 4.98 Å². The number of rotatable bonds is 4. The van der Waals surface area contributed by atoms with Crippen LogP contribution in [0, 0.1) is 0 Å². The molecule has 0 saturated carbocycles.